The van der Waals surface area contributed by atoms with Crippen LogP contribution in [-0.4, -0.2) is 34.3 Å². The van der Waals surface area contributed by atoms with E-state index in [0.29, 0.717) is 23.5 Å². The van der Waals surface area contributed by atoms with Crippen molar-refractivity contribution in [2.24, 2.45) is 0 Å². The third-order valence-electron chi connectivity index (χ3n) is 3.57. The minimum atomic E-state index is -0.892. The second-order valence-electron chi connectivity index (χ2n) is 5.37. The summed E-state index contributed by atoms with van der Waals surface area (Å²) in [5, 5.41) is 7.00. The van der Waals surface area contributed by atoms with Crippen LogP contribution in [0.3, 0.4) is 0 Å². The fraction of sp³-hybridized carbons (Fsp3) is 0.278. The molecule has 0 fully saturated rings. The van der Waals surface area contributed by atoms with Gasteiger partial charge >= 0.3 is 5.97 Å². The Morgan fingerprint density at radius 2 is 2.00 bits per heavy atom. The van der Waals surface area contributed by atoms with Crippen LogP contribution in [-0.2, 0) is 9.53 Å². The Balaban J connectivity index is 2.20. The van der Waals surface area contributed by atoms with Crippen LogP contribution in [0.25, 0.3) is 5.69 Å². The van der Waals surface area contributed by atoms with Crippen LogP contribution < -0.4 is 5.32 Å². The van der Waals surface area contributed by atoms with Crippen molar-refractivity contribution in [1.29, 1.82) is 0 Å². The number of carbonyl (C=O) groups is 2. The van der Waals surface area contributed by atoms with Gasteiger partial charge in [-0.25, -0.2) is 9.48 Å². The maximum Gasteiger partial charge on any atom is 0.342 e. The van der Waals surface area contributed by atoms with Crippen LogP contribution in [0.15, 0.2) is 43.0 Å². The fourth-order valence-electron chi connectivity index (χ4n) is 2.35. The first-order chi connectivity index (χ1) is 11.5. The Labute approximate surface area is 141 Å². The van der Waals surface area contributed by atoms with Gasteiger partial charge in [-0.2, -0.15) is 5.10 Å². The third kappa shape index (κ3) is 3.71. The SMILES string of the molecule is C=CCNC(=O)[C@@H](C)OC(=O)c1c(C)nn(-c2ccccc2)c1C. The summed E-state index contributed by atoms with van der Waals surface area (Å²) in [4.78, 5) is 24.3. The molecule has 0 saturated carbocycles. The molecule has 6 nitrogen and oxygen atoms in total. The van der Waals surface area contributed by atoms with E-state index in [1.165, 1.54) is 6.92 Å². The maximum atomic E-state index is 12.4. The van der Waals surface area contributed by atoms with E-state index >= 15 is 0 Å². The lowest BCUT2D eigenvalue weighted by Crippen LogP contribution is -2.36. The van der Waals surface area contributed by atoms with Crippen molar-refractivity contribution in [3.05, 3.63) is 59.9 Å². The summed E-state index contributed by atoms with van der Waals surface area (Å²) < 4.78 is 6.96. The van der Waals surface area contributed by atoms with Crippen molar-refractivity contribution in [3.8, 4) is 5.69 Å². The number of esters is 1. The highest BCUT2D eigenvalue weighted by Crippen LogP contribution is 2.19. The van der Waals surface area contributed by atoms with Gasteiger partial charge < -0.3 is 10.1 Å². The van der Waals surface area contributed by atoms with E-state index < -0.39 is 12.1 Å². The van der Waals surface area contributed by atoms with Gasteiger partial charge in [0.1, 0.15) is 5.56 Å². The van der Waals surface area contributed by atoms with Crippen LogP contribution >= 0.6 is 0 Å². The van der Waals surface area contributed by atoms with Gasteiger partial charge in [-0.05, 0) is 32.9 Å². The molecule has 1 N–H and O–H groups in total. The summed E-state index contributed by atoms with van der Waals surface area (Å²) >= 11 is 0. The van der Waals surface area contributed by atoms with Crippen molar-refractivity contribution < 1.29 is 14.3 Å². The molecule has 1 amide bonds. The molecule has 0 unspecified atom stereocenters. The van der Waals surface area contributed by atoms with Gasteiger partial charge in [0.2, 0.25) is 0 Å². The first-order valence-corrected chi connectivity index (χ1v) is 7.67. The fourth-order valence-corrected chi connectivity index (χ4v) is 2.35. The monoisotopic (exact) mass is 327 g/mol. The van der Waals surface area contributed by atoms with Crippen LogP contribution in [0, 0.1) is 13.8 Å². The van der Waals surface area contributed by atoms with Crippen molar-refractivity contribution in [2.75, 3.05) is 6.54 Å². The summed E-state index contributed by atoms with van der Waals surface area (Å²) in [5.41, 5.74) is 2.46. The Morgan fingerprint density at radius 3 is 2.62 bits per heavy atom. The van der Waals surface area contributed by atoms with Crippen LogP contribution in [0.4, 0.5) is 0 Å². The minimum Gasteiger partial charge on any atom is -0.449 e. The number of para-hydroxylation sites is 1. The van der Waals surface area contributed by atoms with E-state index in [0.717, 1.165) is 5.69 Å². The number of hydrogen-bond donors (Lipinski definition) is 1. The average Bonchev–Trinajstić information content (AvgIpc) is 2.87. The Hall–Kier alpha value is -2.89. The molecule has 2 rings (SSSR count). The summed E-state index contributed by atoms with van der Waals surface area (Å²) in [5.74, 6) is -0.928. The quantitative estimate of drug-likeness (QED) is 0.653. The molecule has 24 heavy (non-hydrogen) atoms. The number of carbonyl (C=O) groups excluding carboxylic acids is 2. The molecule has 126 valence electrons. The number of ether oxygens (including phenoxy) is 1. The molecule has 1 aromatic heterocycles. The molecule has 0 radical (unpaired) electrons. The zero-order valence-corrected chi connectivity index (χ0v) is 14.1. The molecule has 0 aliphatic carbocycles. The Kier molecular flexibility index (Phi) is 5.52. The standard InChI is InChI=1S/C18H21N3O3/c1-5-11-19-17(22)14(4)24-18(23)16-12(2)20-21(13(16)3)15-9-7-6-8-10-15/h5-10,14H,1,11H2,2-4H3,(H,19,22)/t14-/m1/s1. The highest BCUT2D eigenvalue weighted by atomic mass is 16.5. The zero-order chi connectivity index (χ0) is 17.7. The lowest BCUT2D eigenvalue weighted by atomic mass is 10.2. The number of benzene rings is 1. The highest BCUT2D eigenvalue weighted by molar-refractivity contribution is 5.94. The first-order valence-electron chi connectivity index (χ1n) is 7.67. The van der Waals surface area contributed by atoms with Gasteiger partial charge in [-0.1, -0.05) is 24.3 Å². The largest absolute Gasteiger partial charge is 0.449 e. The number of hydrogen-bond acceptors (Lipinski definition) is 4. The van der Waals surface area contributed by atoms with Crippen molar-refractivity contribution in [2.45, 2.75) is 26.9 Å². The topological polar surface area (TPSA) is 73.2 Å². The molecule has 0 aliphatic rings. The Morgan fingerprint density at radius 1 is 1.33 bits per heavy atom. The zero-order valence-electron chi connectivity index (χ0n) is 14.1. The summed E-state index contributed by atoms with van der Waals surface area (Å²) in [6, 6.07) is 9.51. The molecule has 6 heteroatoms. The van der Waals surface area contributed by atoms with E-state index in [1.54, 1.807) is 24.6 Å². The van der Waals surface area contributed by atoms with Crippen molar-refractivity contribution in [1.82, 2.24) is 15.1 Å². The third-order valence-corrected chi connectivity index (χ3v) is 3.57. The van der Waals surface area contributed by atoms with Crippen molar-refractivity contribution in [3.63, 3.8) is 0 Å². The molecule has 1 heterocycles. The molecular formula is C18H21N3O3. The van der Waals surface area contributed by atoms with Crippen LogP contribution in [0.1, 0.15) is 28.7 Å². The molecule has 1 atom stereocenters. The number of nitrogens with one attached hydrogen (secondary N) is 1. The number of nitrogens with zero attached hydrogens (tertiary/aromatic N) is 2. The Bertz CT molecular complexity index is 750. The number of aromatic nitrogens is 2. The molecule has 0 aliphatic heterocycles. The number of amides is 1. The van der Waals surface area contributed by atoms with Gasteiger partial charge in [0.15, 0.2) is 6.10 Å². The van der Waals surface area contributed by atoms with Crippen molar-refractivity contribution >= 4 is 11.9 Å². The second-order valence-corrected chi connectivity index (χ2v) is 5.37. The smallest absolute Gasteiger partial charge is 0.342 e. The lowest BCUT2D eigenvalue weighted by Gasteiger charge is -2.13. The summed E-state index contributed by atoms with van der Waals surface area (Å²) in [6.45, 7) is 8.92. The van der Waals surface area contributed by atoms with E-state index in [-0.39, 0.29) is 5.91 Å². The predicted molar refractivity (Wildman–Crippen MR) is 91.1 cm³/mol. The molecular weight excluding hydrogens is 306 g/mol. The molecule has 2 aromatic rings. The molecule has 1 aromatic carbocycles. The summed E-state index contributed by atoms with van der Waals surface area (Å²) in [7, 11) is 0. The molecule has 0 saturated heterocycles. The van der Waals surface area contributed by atoms with E-state index in [2.05, 4.69) is 17.0 Å². The van der Waals surface area contributed by atoms with Gasteiger partial charge in [0.05, 0.1) is 17.1 Å². The van der Waals surface area contributed by atoms with Gasteiger partial charge in [-0.3, -0.25) is 4.79 Å². The van der Waals surface area contributed by atoms with Gasteiger partial charge in [0.25, 0.3) is 5.91 Å². The number of aryl methyl sites for hydroxylation is 1. The van der Waals surface area contributed by atoms with E-state index in [4.69, 9.17) is 4.74 Å². The van der Waals surface area contributed by atoms with Gasteiger partial charge in [0, 0.05) is 6.54 Å². The minimum absolute atomic E-state index is 0.324. The molecule has 0 bridgehead atoms. The highest BCUT2D eigenvalue weighted by Gasteiger charge is 2.24. The first kappa shape index (κ1) is 17.5. The average molecular weight is 327 g/mol. The number of rotatable bonds is 6. The van der Waals surface area contributed by atoms with E-state index in [9.17, 15) is 9.59 Å². The summed E-state index contributed by atoms with van der Waals surface area (Å²) in [6.07, 6.45) is 0.668. The van der Waals surface area contributed by atoms with E-state index in [1.807, 2.05) is 30.3 Å². The predicted octanol–water partition coefficient (Wildman–Crippen LogP) is 2.34. The normalized spacial score (nSPS) is 11.6. The van der Waals surface area contributed by atoms with Gasteiger partial charge in [-0.15, -0.1) is 6.58 Å². The second kappa shape index (κ2) is 7.59. The maximum absolute atomic E-state index is 12.4. The lowest BCUT2D eigenvalue weighted by molar-refractivity contribution is -0.128. The van der Waals surface area contributed by atoms with Crippen LogP contribution in [0.2, 0.25) is 0 Å². The molecule has 0 spiro atoms. The van der Waals surface area contributed by atoms with Crippen LogP contribution in [0.5, 0.6) is 0 Å².